The van der Waals surface area contributed by atoms with Crippen LogP contribution in [0.4, 0.5) is 5.69 Å². The van der Waals surface area contributed by atoms with Crippen LogP contribution in [-0.4, -0.2) is 45.8 Å². The van der Waals surface area contributed by atoms with Gasteiger partial charge in [0.2, 0.25) is 10.0 Å². The van der Waals surface area contributed by atoms with Gasteiger partial charge in [-0.05, 0) is 32.0 Å². The number of carbonyl (C=O) groups is 1. The van der Waals surface area contributed by atoms with Crippen molar-refractivity contribution in [2.24, 2.45) is 0 Å². The van der Waals surface area contributed by atoms with Gasteiger partial charge in [0.25, 0.3) is 5.91 Å². The minimum Gasteiger partial charge on any atom is -0.324 e. The Morgan fingerprint density at radius 2 is 1.78 bits per heavy atom. The van der Waals surface area contributed by atoms with Crippen molar-refractivity contribution in [2.75, 3.05) is 26.5 Å². The number of nitrogens with zero attached hydrogens (tertiary/aromatic N) is 1. The molecule has 6 nitrogen and oxygen atoms in total. The first-order valence-electron chi connectivity index (χ1n) is 8.82. The molecule has 7 heteroatoms. The number of likely N-dealkylation sites (N-methyl/N-ethyl adjacent to an activating group) is 1. The number of nitrogens with one attached hydrogen (secondary N) is 2. The van der Waals surface area contributed by atoms with Gasteiger partial charge in [0.1, 0.15) is 6.54 Å². The Morgan fingerprint density at radius 3 is 2.37 bits per heavy atom. The van der Waals surface area contributed by atoms with Gasteiger partial charge in [0, 0.05) is 25.3 Å². The smallest absolute Gasteiger partial charge is 0.282 e. The molecule has 0 saturated carbocycles. The van der Waals surface area contributed by atoms with Crippen molar-refractivity contribution in [2.45, 2.75) is 31.3 Å². The number of sulfonamides is 1. The van der Waals surface area contributed by atoms with Gasteiger partial charge in [0.15, 0.2) is 6.04 Å². The Kier molecular flexibility index (Phi) is 6.75. The molecular weight excluding hydrogens is 362 g/mol. The number of anilines is 1. The second kappa shape index (κ2) is 8.65. The summed E-state index contributed by atoms with van der Waals surface area (Å²) in [4.78, 5) is 13.8. The van der Waals surface area contributed by atoms with Crippen molar-refractivity contribution in [1.29, 1.82) is 0 Å². The van der Waals surface area contributed by atoms with Crippen LogP contribution in [0.15, 0.2) is 53.4 Å². The maximum atomic E-state index is 12.6. The summed E-state index contributed by atoms with van der Waals surface area (Å²) in [6.45, 7) is 4.63. The summed E-state index contributed by atoms with van der Waals surface area (Å²) in [5.74, 6) is -0.154. The number of hydrogen-bond donors (Lipinski definition) is 2. The zero-order valence-electron chi connectivity index (χ0n) is 16.5. The summed E-state index contributed by atoms with van der Waals surface area (Å²) in [7, 11) is 1.39. The molecule has 2 aromatic carbocycles. The lowest BCUT2D eigenvalue weighted by molar-refractivity contribution is -0.907. The van der Waals surface area contributed by atoms with Crippen molar-refractivity contribution in [3.05, 3.63) is 59.7 Å². The number of rotatable bonds is 7. The molecule has 0 aromatic heterocycles. The average Bonchev–Trinajstić information content (AvgIpc) is 2.63. The topological polar surface area (TPSA) is 70.9 Å². The zero-order chi connectivity index (χ0) is 20.2. The summed E-state index contributed by atoms with van der Waals surface area (Å²) >= 11 is 0. The highest BCUT2D eigenvalue weighted by Crippen LogP contribution is 2.18. The molecule has 0 radical (unpaired) electrons. The number of amides is 1. The highest BCUT2D eigenvalue weighted by atomic mass is 32.2. The summed E-state index contributed by atoms with van der Waals surface area (Å²) in [6, 6.07) is 14.3. The van der Waals surface area contributed by atoms with Gasteiger partial charge in [-0.3, -0.25) is 4.79 Å². The first-order valence-corrected chi connectivity index (χ1v) is 10.3. The van der Waals surface area contributed by atoms with Gasteiger partial charge >= 0.3 is 0 Å². The minimum atomic E-state index is -3.54. The Hall–Kier alpha value is -2.22. The van der Waals surface area contributed by atoms with Gasteiger partial charge in [-0.25, -0.2) is 12.7 Å². The second-order valence-corrected chi connectivity index (χ2v) is 9.19. The molecule has 0 spiro atoms. The monoisotopic (exact) mass is 390 g/mol. The number of quaternary nitrogens is 1. The van der Waals surface area contributed by atoms with E-state index < -0.39 is 10.0 Å². The molecule has 27 heavy (non-hydrogen) atoms. The molecule has 0 aliphatic carbocycles. The van der Waals surface area contributed by atoms with Crippen molar-refractivity contribution in [3.63, 3.8) is 0 Å². The van der Waals surface area contributed by atoms with E-state index in [4.69, 9.17) is 0 Å². The van der Waals surface area contributed by atoms with E-state index in [0.717, 1.165) is 21.3 Å². The van der Waals surface area contributed by atoms with E-state index >= 15 is 0 Å². The fourth-order valence-corrected chi connectivity index (χ4v) is 3.55. The van der Waals surface area contributed by atoms with E-state index in [0.29, 0.717) is 5.69 Å². The van der Waals surface area contributed by atoms with Crippen LogP contribution in [0.5, 0.6) is 0 Å². The predicted molar refractivity (Wildman–Crippen MR) is 107 cm³/mol. The van der Waals surface area contributed by atoms with Crippen LogP contribution in [0.3, 0.4) is 0 Å². The summed E-state index contributed by atoms with van der Waals surface area (Å²) < 4.78 is 25.6. The third-order valence-electron chi connectivity index (χ3n) is 4.62. The Morgan fingerprint density at radius 1 is 1.15 bits per heavy atom. The third-order valence-corrected chi connectivity index (χ3v) is 6.43. The molecule has 2 atom stereocenters. The highest BCUT2D eigenvalue weighted by Gasteiger charge is 2.23. The van der Waals surface area contributed by atoms with Crippen LogP contribution >= 0.6 is 0 Å². The Balaban J connectivity index is 2.06. The minimum absolute atomic E-state index is 0.151. The molecule has 2 rings (SSSR count). The largest absolute Gasteiger partial charge is 0.324 e. The molecule has 2 N–H and O–H groups in total. The molecule has 1 amide bonds. The fraction of sp³-hybridized carbons (Fsp3) is 0.350. The van der Waals surface area contributed by atoms with E-state index in [2.05, 4.69) is 29.6 Å². The molecule has 0 aliphatic heterocycles. The van der Waals surface area contributed by atoms with Crippen LogP contribution in [-0.2, 0) is 21.4 Å². The molecule has 1 unspecified atom stereocenters. The van der Waals surface area contributed by atoms with Gasteiger partial charge in [0.05, 0.1) is 11.9 Å². The third kappa shape index (κ3) is 5.38. The van der Waals surface area contributed by atoms with E-state index in [9.17, 15) is 13.2 Å². The Bertz CT molecular complexity index is 893. The van der Waals surface area contributed by atoms with E-state index in [1.54, 1.807) is 12.1 Å². The van der Waals surface area contributed by atoms with Crippen LogP contribution in [0.2, 0.25) is 0 Å². The summed E-state index contributed by atoms with van der Waals surface area (Å²) in [6.07, 6.45) is 0. The highest BCUT2D eigenvalue weighted by molar-refractivity contribution is 7.89. The van der Waals surface area contributed by atoms with E-state index in [1.165, 1.54) is 31.8 Å². The molecular formula is C20H28N3O3S+. The lowest BCUT2D eigenvalue weighted by Gasteiger charge is -2.21. The summed E-state index contributed by atoms with van der Waals surface area (Å²) in [5, 5.41) is 2.83. The van der Waals surface area contributed by atoms with E-state index in [1.807, 2.05) is 20.9 Å². The SMILES string of the molecule is Cc1ccc(C[NH+](C)[C@H](C)C(=O)Nc2cccc(S(=O)(=O)N(C)C)c2)cc1. The lowest BCUT2D eigenvalue weighted by atomic mass is 10.1. The maximum absolute atomic E-state index is 12.6. The molecule has 0 fully saturated rings. The van der Waals surface area contributed by atoms with Crippen molar-refractivity contribution >= 4 is 21.6 Å². The number of carbonyl (C=O) groups excluding carboxylic acids is 1. The van der Waals surface area contributed by atoms with Crippen molar-refractivity contribution in [3.8, 4) is 0 Å². The van der Waals surface area contributed by atoms with Crippen LogP contribution in [0.1, 0.15) is 18.1 Å². The van der Waals surface area contributed by atoms with Gasteiger partial charge in [-0.2, -0.15) is 0 Å². The normalized spacial score (nSPS) is 14.0. The zero-order valence-corrected chi connectivity index (χ0v) is 17.3. The number of hydrogen-bond acceptors (Lipinski definition) is 3. The van der Waals surface area contributed by atoms with Crippen molar-refractivity contribution in [1.82, 2.24) is 4.31 Å². The maximum Gasteiger partial charge on any atom is 0.282 e. The number of aryl methyl sites for hydroxylation is 1. The molecule has 0 aliphatic rings. The van der Waals surface area contributed by atoms with Gasteiger partial charge in [-0.1, -0.05) is 35.9 Å². The summed E-state index contributed by atoms with van der Waals surface area (Å²) in [5.41, 5.74) is 2.84. The molecule has 0 bridgehead atoms. The van der Waals surface area contributed by atoms with Crippen LogP contribution < -0.4 is 10.2 Å². The molecule has 0 saturated heterocycles. The van der Waals surface area contributed by atoms with Crippen LogP contribution in [0, 0.1) is 6.92 Å². The van der Waals surface area contributed by atoms with Crippen LogP contribution in [0.25, 0.3) is 0 Å². The fourth-order valence-electron chi connectivity index (χ4n) is 2.60. The standard InChI is InChI=1S/C20H27N3O3S/c1-15-9-11-17(12-10-15)14-23(5)16(2)20(24)21-18-7-6-8-19(13-18)27(25,26)22(3)4/h6-13,16H,14H2,1-5H3,(H,21,24)/p+1/t16-/m1/s1. The second-order valence-electron chi connectivity index (χ2n) is 7.03. The molecule has 146 valence electrons. The van der Waals surface area contributed by atoms with Gasteiger partial charge < -0.3 is 10.2 Å². The first kappa shape index (κ1) is 21.1. The number of benzene rings is 2. The predicted octanol–water partition coefficient (Wildman–Crippen LogP) is 1.29. The van der Waals surface area contributed by atoms with Crippen molar-refractivity contribution < 1.29 is 18.1 Å². The molecule has 0 heterocycles. The van der Waals surface area contributed by atoms with Gasteiger partial charge in [-0.15, -0.1) is 0 Å². The Labute approximate surface area is 161 Å². The first-order chi connectivity index (χ1) is 12.6. The quantitative estimate of drug-likeness (QED) is 0.748. The average molecular weight is 391 g/mol. The molecule has 2 aromatic rings. The lowest BCUT2D eigenvalue weighted by Crippen LogP contribution is -3.12. The van der Waals surface area contributed by atoms with E-state index in [-0.39, 0.29) is 16.8 Å².